The molecule has 8 nitrogen and oxygen atoms in total. The highest BCUT2D eigenvalue weighted by Crippen LogP contribution is 2.00. The molecule has 0 aliphatic carbocycles. The van der Waals surface area contributed by atoms with Gasteiger partial charge in [-0.25, -0.2) is 9.78 Å². The number of urea groups is 1. The molecule has 100 valence electrons. The largest absolute Gasteiger partial charge is 0.481 e. The summed E-state index contributed by atoms with van der Waals surface area (Å²) >= 11 is 0. The lowest BCUT2D eigenvalue weighted by molar-refractivity contribution is -0.137. The molecule has 1 unspecified atom stereocenters. The van der Waals surface area contributed by atoms with Crippen LogP contribution in [0.2, 0.25) is 0 Å². The van der Waals surface area contributed by atoms with Crippen LogP contribution in [-0.2, 0) is 11.3 Å². The maximum absolute atomic E-state index is 11.4. The van der Waals surface area contributed by atoms with Gasteiger partial charge in [0.25, 0.3) is 0 Å². The fourth-order valence-corrected chi connectivity index (χ4v) is 1.39. The van der Waals surface area contributed by atoms with E-state index >= 15 is 0 Å². The van der Waals surface area contributed by atoms with Crippen molar-refractivity contribution >= 4 is 12.0 Å². The number of nitrogens with zero attached hydrogens (tertiary/aromatic N) is 2. The highest BCUT2D eigenvalue weighted by Gasteiger charge is 2.08. The van der Waals surface area contributed by atoms with Gasteiger partial charge < -0.3 is 15.7 Å². The lowest BCUT2D eigenvalue weighted by atomic mass is 10.1. The zero-order valence-corrected chi connectivity index (χ0v) is 10.1. The van der Waals surface area contributed by atoms with Crippen molar-refractivity contribution in [3.8, 4) is 0 Å². The minimum atomic E-state index is -0.822. The molecule has 1 rings (SSSR count). The molecule has 0 bridgehead atoms. The molecule has 0 aliphatic heterocycles. The molecule has 0 saturated heterocycles. The minimum Gasteiger partial charge on any atom is -0.481 e. The molecule has 2 amide bonds. The first kappa shape index (κ1) is 13.9. The topological polar surface area (TPSA) is 120 Å². The van der Waals surface area contributed by atoms with Gasteiger partial charge in [-0.05, 0) is 19.8 Å². The second-order valence-electron chi connectivity index (χ2n) is 3.95. The average molecular weight is 255 g/mol. The number of aliphatic carboxylic acids is 1. The van der Waals surface area contributed by atoms with Crippen molar-refractivity contribution in [1.29, 1.82) is 0 Å². The van der Waals surface area contributed by atoms with Gasteiger partial charge in [0.05, 0.1) is 6.54 Å². The Labute approximate surface area is 104 Å². The van der Waals surface area contributed by atoms with Crippen LogP contribution in [0, 0.1) is 0 Å². The standard InChI is InChI=1S/C10H17N5O3/c1-7(3-2-4-9(16)17)14-10(18)11-5-8-12-6-13-15-8/h6-7H,2-5H2,1H3,(H,16,17)(H2,11,14,18)(H,12,13,15). The van der Waals surface area contributed by atoms with E-state index in [1.165, 1.54) is 6.33 Å². The van der Waals surface area contributed by atoms with Crippen LogP contribution in [0.5, 0.6) is 0 Å². The number of H-pyrrole nitrogens is 1. The van der Waals surface area contributed by atoms with Gasteiger partial charge in [0.1, 0.15) is 12.2 Å². The number of aromatic nitrogens is 3. The summed E-state index contributed by atoms with van der Waals surface area (Å²) in [6, 6.07) is -0.381. The predicted molar refractivity (Wildman–Crippen MR) is 62.7 cm³/mol. The van der Waals surface area contributed by atoms with E-state index in [4.69, 9.17) is 5.11 Å². The van der Waals surface area contributed by atoms with Crippen LogP contribution in [0.4, 0.5) is 4.79 Å². The second kappa shape index (κ2) is 7.25. The predicted octanol–water partition coefficient (Wildman–Crippen LogP) is 0.247. The number of carboxylic acids is 1. The van der Waals surface area contributed by atoms with Gasteiger partial charge in [-0.3, -0.25) is 9.89 Å². The van der Waals surface area contributed by atoms with E-state index in [2.05, 4.69) is 25.8 Å². The van der Waals surface area contributed by atoms with Gasteiger partial charge in [-0.15, -0.1) is 0 Å². The van der Waals surface area contributed by atoms with Gasteiger partial charge in [0.2, 0.25) is 0 Å². The highest BCUT2D eigenvalue weighted by molar-refractivity contribution is 5.74. The van der Waals surface area contributed by atoms with Gasteiger partial charge in [-0.2, -0.15) is 5.10 Å². The van der Waals surface area contributed by atoms with E-state index < -0.39 is 5.97 Å². The Morgan fingerprint density at radius 3 is 2.94 bits per heavy atom. The number of aromatic amines is 1. The van der Waals surface area contributed by atoms with Crippen molar-refractivity contribution in [3.63, 3.8) is 0 Å². The third kappa shape index (κ3) is 5.83. The van der Waals surface area contributed by atoms with Crippen molar-refractivity contribution in [3.05, 3.63) is 12.2 Å². The molecular weight excluding hydrogens is 238 g/mol. The average Bonchev–Trinajstić information content (AvgIpc) is 2.78. The number of hydrogen-bond acceptors (Lipinski definition) is 4. The maximum Gasteiger partial charge on any atom is 0.315 e. The second-order valence-corrected chi connectivity index (χ2v) is 3.95. The normalized spacial score (nSPS) is 11.8. The third-order valence-electron chi connectivity index (χ3n) is 2.29. The summed E-state index contributed by atoms with van der Waals surface area (Å²) in [5.74, 6) is -0.249. The lowest BCUT2D eigenvalue weighted by Crippen LogP contribution is -2.40. The number of nitrogens with one attached hydrogen (secondary N) is 3. The van der Waals surface area contributed by atoms with E-state index in [0.29, 0.717) is 18.7 Å². The summed E-state index contributed by atoms with van der Waals surface area (Å²) in [4.78, 5) is 25.6. The first-order chi connectivity index (χ1) is 8.58. The fraction of sp³-hybridized carbons (Fsp3) is 0.600. The molecule has 1 aromatic rings. The van der Waals surface area contributed by atoms with Crippen LogP contribution < -0.4 is 10.6 Å². The quantitative estimate of drug-likeness (QED) is 0.556. The first-order valence-electron chi connectivity index (χ1n) is 5.68. The zero-order valence-electron chi connectivity index (χ0n) is 10.1. The van der Waals surface area contributed by atoms with Crippen LogP contribution >= 0.6 is 0 Å². The van der Waals surface area contributed by atoms with Crippen LogP contribution in [0.3, 0.4) is 0 Å². The summed E-state index contributed by atoms with van der Waals surface area (Å²) < 4.78 is 0. The first-order valence-corrected chi connectivity index (χ1v) is 5.68. The molecule has 0 saturated carbocycles. The SMILES string of the molecule is CC(CCCC(=O)O)NC(=O)NCc1ncn[nH]1. The van der Waals surface area contributed by atoms with E-state index in [1.807, 2.05) is 6.92 Å². The van der Waals surface area contributed by atoms with Crippen molar-refractivity contribution in [2.24, 2.45) is 0 Å². The molecule has 1 heterocycles. The molecule has 0 fully saturated rings. The van der Waals surface area contributed by atoms with Gasteiger partial charge in [0.15, 0.2) is 0 Å². The Hall–Kier alpha value is -2.12. The van der Waals surface area contributed by atoms with Crippen LogP contribution in [0.15, 0.2) is 6.33 Å². The Morgan fingerprint density at radius 1 is 1.56 bits per heavy atom. The molecule has 1 aromatic heterocycles. The summed E-state index contributed by atoms with van der Waals surface area (Å²) in [5.41, 5.74) is 0. The van der Waals surface area contributed by atoms with E-state index in [9.17, 15) is 9.59 Å². The van der Waals surface area contributed by atoms with Crippen molar-refractivity contribution in [2.75, 3.05) is 0 Å². The molecular formula is C10H17N5O3. The summed E-state index contributed by atoms with van der Waals surface area (Å²) in [5, 5.41) is 20.1. The minimum absolute atomic E-state index is 0.0703. The molecule has 8 heteroatoms. The number of carbonyl (C=O) groups is 2. The lowest BCUT2D eigenvalue weighted by Gasteiger charge is -2.13. The van der Waals surface area contributed by atoms with Gasteiger partial charge in [-0.1, -0.05) is 0 Å². The molecule has 0 radical (unpaired) electrons. The Bertz CT molecular complexity index is 379. The Morgan fingerprint density at radius 2 is 2.33 bits per heavy atom. The van der Waals surface area contributed by atoms with Crippen LogP contribution in [0.1, 0.15) is 32.0 Å². The van der Waals surface area contributed by atoms with Crippen molar-refractivity contribution < 1.29 is 14.7 Å². The smallest absolute Gasteiger partial charge is 0.315 e. The zero-order chi connectivity index (χ0) is 13.4. The third-order valence-corrected chi connectivity index (χ3v) is 2.29. The van der Waals surface area contributed by atoms with Gasteiger partial charge in [0, 0.05) is 12.5 Å². The van der Waals surface area contributed by atoms with Crippen LogP contribution in [0.25, 0.3) is 0 Å². The summed E-state index contributed by atoms with van der Waals surface area (Å²) in [6.07, 6.45) is 2.65. The molecule has 0 aromatic carbocycles. The van der Waals surface area contributed by atoms with Crippen molar-refractivity contribution in [2.45, 2.75) is 38.8 Å². The number of carboxylic acid groups (broad SMARTS) is 1. The van der Waals surface area contributed by atoms with Crippen LogP contribution in [-0.4, -0.2) is 38.3 Å². The molecule has 0 spiro atoms. The molecule has 4 N–H and O–H groups in total. The van der Waals surface area contributed by atoms with E-state index in [0.717, 1.165) is 0 Å². The Balaban J connectivity index is 2.13. The molecule has 18 heavy (non-hydrogen) atoms. The number of rotatable bonds is 7. The van der Waals surface area contributed by atoms with E-state index in [1.54, 1.807) is 0 Å². The number of amides is 2. The fourth-order valence-electron chi connectivity index (χ4n) is 1.39. The Kier molecular flexibility index (Phi) is 5.62. The maximum atomic E-state index is 11.4. The van der Waals surface area contributed by atoms with E-state index in [-0.39, 0.29) is 25.0 Å². The molecule has 1 atom stereocenters. The molecule has 0 aliphatic rings. The monoisotopic (exact) mass is 255 g/mol. The summed E-state index contributed by atoms with van der Waals surface area (Å²) in [6.45, 7) is 2.10. The number of carbonyl (C=O) groups excluding carboxylic acids is 1. The number of hydrogen-bond donors (Lipinski definition) is 4. The summed E-state index contributed by atoms with van der Waals surface area (Å²) in [7, 11) is 0. The van der Waals surface area contributed by atoms with Gasteiger partial charge >= 0.3 is 12.0 Å². The highest BCUT2D eigenvalue weighted by atomic mass is 16.4. The van der Waals surface area contributed by atoms with Crippen molar-refractivity contribution in [1.82, 2.24) is 25.8 Å².